The fraction of sp³-hybridized carbons (Fsp3) is 0.0244. The van der Waals surface area contributed by atoms with E-state index in [0.29, 0.717) is 12.1 Å². The third-order valence-corrected chi connectivity index (χ3v) is 8.88. The summed E-state index contributed by atoms with van der Waals surface area (Å²) in [5, 5.41) is 12.1. The predicted octanol–water partition coefficient (Wildman–Crippen LogP) is 7.88. The molecule has 0 saturated carbocycles. The third-order valence-electron chi connectivity index (χ3n) is 8.88. The van der Waals surface area contributed by atoms with Crippen molar-refractivity contribution in [1.29, 1.82) is 5.26 Å². The molecule has 0 atom stereocenters. The van der Waals surface area contributed by atoms with Crippen LogP contribution in [0.15, 0.2) is 163 Å². The molecule has 0 unspecified atom stereocenters. The summed E-state index contributed by atoms with van der Waals surface area (Å²) in [6.07, 6.45) is 4.12. The second-order valence-electron chi connectivity index (χ2n) is 11.5. The summed E-state index contributed by atoms with van der Waals surface area (Å²) >= 11 is 0. The van der Waals surface area contributed by atoms with E-state index in [-0.39, 0.29) is 6.85 Å². The topological polar surface area (TPSA) is 44.3 Å². The van der Waals surface area contributed by atoms with Crippen LogP contribution in [-0.2, 0) is 0 Å². The number of anilines is 1. The Kier molecular flexibility index (Phi) is 7.01. The molecule has 2 heterocycles. The predicted molar refractivity (Wildman–Crippen MR) is 193 cm³/mol. The Morgan fingerprint density at radius 1 is 0.674 bits per heavy atom. The van der Waals surface area contributed by atoms with Crippen LogP contribution in [-0.4, -0.2) is 24.3 Å². The summed E-state index contributed by atoms with van der Waals surface area (Å²) in [5.74, 6) is 0. The summed E-state index contributed by atoms with van der Waals surface area (Å²) in [7, 11) is 0. The highest BCUT2D eigenvalue weighted by Gasteiger charge is 2.35. The average molecular weight is 589 g/mol. The van der Waals surface area contributed by atoms with Crippen LogP contribution >= 0.6 is 0 Å². The summed E-state index contributed by atoms with van der Waals surface area (Å²) in [5.41, 5.74) is 10.7. The van der Waals surface area contributed by atoms with Crippen molar-refractivity contribution in [1.82, 2.24) is 4.57 Å². The SMILES string of the molecule is N#Cc1cccc(/C(=C/CN2B(c3ccccc3)c3ccccc3-c3ccccc32)N=Cn2c3ccccc3c3ccccc32)c1. The monoisotopic (exact) mass is 588 g/mol. The number of rotatable bonds is 6. The van der Waals surface area contributed by atoms with Crippen molar-refractivity contribution >= 4 is 57.3 Å². The van der Waals surface area contributed by atoms with E-state index in [1.54, 1.807) is 0 Å². The van der Waals surface area contributed by atoms with Gasteiger partial charge in [0.2, 0.25) is 0 Å². The molecule has 0 spiro atoms. The number of hydrogen-bond donors (Lipinski definition) is 0. The van der Waals surface area contributed by atoms with Gasteiger partial charge in [0.15, 0.2) is 0 Å². The molecule has 7 aromatic rings. The van der Waals surface area contributed by atoms with Gasteiger partial charge in [0, 0.05) is 34.1 Å². The van der Waals surface area contributed by atoms with Crippen LogP contribution in [0.25, 0.3) is 38.6 Å². The molecule has 216 valence electrons. The largest absolute Gasteiger partial charge is 0.403 e. The Morgan fingerprint density at radius 2 is 1.33 bits per heavy atom. The maximum atomic E-state index is 9.74. The van der Waals surface area contributed by atoms with Gasteiger partial charge in [-0.1, -0.05) is 127 Å². The number of fused-ring (bicyclic) bond motifs is 6. The molecule has 8 rings (SSSR count). The molecule has 0 fully saturated rings. The maximum absolute atomic E-state index is 9.74. The molecule has 0 aliphatic carbocycles. The number of para-hydroxylation sites is 3. The lowest BCUT2D eigenvalue weighted by molar-refractivity contribution is 1.16. The number of aromatic nitrogens is 1. The van der Waals surface area contributed by atoms with Crippen LogP contribution in [0.2, 0.25) is 0 Å². The van der Waals surface area contributed by atoms with Gasteiger partial charge in [-0.3, -0.25) is 4.57 Å². The maximum Gasteiger partial charge on any atom is 0.324 e. The van der Waals surface area contributed by atoms with Crippen molar-refractivity contribution in [2.75, 3.05) is 11.4 Å². The normalized spacial score (nSPS) is 12.8. The van der Waals surface area contributed by atoms with E-state index >= 15 is 0 Å². The highest BCUT2D eigenvalue weighted by molar-refractivity contribution is 6.89. The summed E-state index contributed by atoms with van der Waals surface area (Å²) < 4.78 is 2.16. The molecule has 4 nitrogen and oxygen atoms in total. The van der Waals surface area contributed by atoms with Gasteiger partial charge in [-0.25, -0.2) is 4.99 Å². The molecule has 0 bridgehead atoms. The number of nitrogens with zero attached hydrogens (tertiary/aromatic N) is 4. The van der Waals surface area contributed by atoms with Crippen molar-refractivity contribution in [3.63, 3.8) is 0 Å². The first-order chi connectivity index (χ1) is 22.8. The van der Waals surface area contributed by atoms with Gasteiger partial charge in [-0.15, -0.1) is 0 Å². The smallest absolute Gasteiger partial charge is 0.324 e. The zero-order valence-electron chi connectivity index (χ0n) is 25.2. The minimum absolute atomic E-state index is 0.0246. The lowest BCUT2D eigenvalue weighted by atomic mass is 9.46. The third kappa shape index (κ3) is 4.78. The minimum Gasteiger partial charge on any atom is -0.403 e. The van der Waals surface area contributed by atoms with Crippen molar-refractivity contribution in [2.24, 2.45) is 4.99 Å². The van der Waals surface area contributed by atoms with Crippen molar-refractivity contribution in [2.45, 2.75) is 0 Å². The van der Waals surface area contributed by atoms with Gasteiger partial charge in [-0.05, 0) is 47.4 Å². The number of aliphatic imine (C=N–C) groups is 1. The lowest BCUT2D eigenvalue weighted by Gasteiger charge is -2.38. The van der Waals surface area contributed by atoms with E-state index in [9.17, 15) is 5.26 Å². The molecule has 6 aromatic carbocycles. The first-order valence-electron chi connectivity index (χ1n) is 15.5. The van der Waals surface area contributed by atoms with Crippen LogP contribution in [0, 0.1) is 11.3 Å². The van der Waals surface area contributed by atoms with Crippen molar-refractivity contribution in [3.05, 3.63) is 169 Å². The quantitative estimate of drug-likeness (QED) is 0.113. The van der Waals surface area contributed by atoms with E-state index < -0.39 is 0 Å². The number of benzene rings is 6. The Hall–Kier alpha value is -6.12. The second-order valence-corrected chi connectivity index (χ2v) is 11.5. The molecule has 46 heavy (non-hydrogen) atoms. The van der Waals surface area contributed by atoms with Crippen LogP contribution in [0.3, 0.4) is 0 Å². The molecule has 0 radical (unpaired) electrons. The molecular weight excluding hydrogens is 559 g/mol. The molecule has 0 N–H and O–H groups in total. The Balaban J connectivity index is 1.28. The number of nitriles is 1. The Morgan fingerprint density at radius 3 is 2.09 bits per heavy atom. The zero-order valence-corrected chi connectivity index (χ0v) is 25.2. The van der Waals surface area contributed by atoms with Crippen molar-refractivity contribution < 1.29 is 0 Å². The van der Waals surface area contributed by atoms with Crippen LogP contribution in [0.5, 0.6) is 0 Å². The fourth-order valence-corrected chi connectivity index (χ4v) is 6.81. The molecule has 1 aliphatic rings. The van der Waals surface area contributed by atoms with Gasteiger partial charge in [0.25, 0.3) is 0 Å². The molecule has 0 amide bonds. The molecule has 5 heteroatoms. The first-order valence-corrected chi connectivity index (χ1v) is 15.5. The van der Waals surface area contributed by atoms with Crippen molar-refractivity contribution in [3.8, 4) is 17.2 Å². The fourth-order valence-electron chi connectivity index (χ4n) is 6.81. The van der Waals surface area contributed by atoms with Gasteiger partial charge >= 0.3 is 6.85 Å². The van der Waals surface area contributed by atoms with E-state index in [1.807, 2.05) is 30.6 Å². The van der Waals surface area contributed by atoms with Gasteiger partial charge in [0.1, 0.15) is 6.34 Å². The highest BCUT2D eigenvalue weighted by atomic mass is 15.1. The molecule has 1 aliphatic heterocycles. The lowest BCUT2D eigenvalue weighted by Crippen LogP contribution is -2.59. The summed E-state index contributed by atoms with van der Waals surface area (Å²) in [6.45, 7) is 0.637. The van der Waals surface area contributed by atoms with Gasteiger partial charge in [-0.2, -0.15) is 5.26 Å². The molecule has 0 saturated heterocycles. The van der Waals surface area contributed by atoms with Crippen LogP contribution in [0.4, 0.5) is 5.69 Å². The average Bonchev–Trinajstić information content (AvgIpc) is 3.45. The minimum atomic E-state index is 0.0246. The summed E-state index contributed by atoms with van der Waals surface area (Å²) in [6, 6.07) is 55.0. The van der Waals surface area contributed by atoms with E-state index in [2.05, 4.69) is 149 Å². The van der Waals surface area contributed by atoms with E-state index in [1.165, 1.54) is 38.5 Å². The Bertz CT molecular complexity index is 2270. The molecule has 1 aromatic heterocycles. The van der Waals surface area contributed by atoms with E-state index in [0.717, 1.165) is 22.3 Å². The standard InChI is InChI=1S/C41H29BN4/c43-28-30-13-12-14-31(27-30)38(44-29-45-39-22-9-5-19-35(39)36-20-6-10-23-40(36)45)25-26-46-41-24-11-7-18-34(41)33-17-4-8-21-37(33)42(46)32-15-2-1-3-16-32/h1-25,27,29H,26H2/b38-25-,44-29?. The zero-order chi connectivity index (χ0) is 30.9. The number of hydrogen-bond acceptors (Lipinski definition) is 3. The second kappa shape index (κ2) is 11.8. The van der Waals surface area contributed by atoms with Crippen LogP contribution in [0.1, 0.15) is 11.1 Å². The first kappa shape index (κ1) is 27.4. The highest BCUT2D eigenvalue weighted by Crippen LogP contribution is 2.35. The molecular formula is C41H29BN4. The van der Waals surface area contributed by atoms with Crippen LogP contribution < -0.4 is 15.7 Å². The Labute approximate surface area is 268 Å². The van der Waals surface area contributed by atoms with Gasteiger partial charge < -0.3 is 4.81 Å². The van der Waals surface area contributed by atoms with E-state index in [4.69, 9.17) is 4.99 Å². The summed E-state index contributed by atoms with van der Waals surface area (Å²) in [4.78, 5) is 7.63. The van der Waals surface area contributed by atoms with Gasteiger partial charge in [0.05, 0.1) is 28.4 Å².